The minimum absolute atomic E-state index is 0.00218. The summed E-state index contributed by atoms with van der Waals surface area (Å²) in [7, 11) is 0. The van der Waals surface area contributed by atoms with Crippen molar-refractivity contribution in [1.82, 2.24) is 14.9 Å². The van der Waals surface area contributed by atoms with E-state index in [4.69, 9.17) is 4.74 Å². The summed E-state index contributed by atoms with van der Waals surface area (Å²) in [4.78, 5) is 21.4. The number of nitrogens with one attached hydrogen (secondary N) is 1. The van der Waals surface area contributed by atoms with Crippen molar-refractivity contribution in [3.05, 3.63) is 62.3 Å². The van der Waals surface area contributed by atoms with Crippen LogP contribution in [0.15, 0.2) is 23.0 Å². The SMILES string of the molecule is Cc1nc2c(c(=O)[nH]1)CN(Cc1ccc3c(c1)COC3)C2. The lowest BCUT2D eigenvalue weighted by atomic mass is 10.1. The highest BCUT2D eigenvalue weighted by Gasteiger charge is 2.23. The molecule has 5 nitrogen and oxygen atoms in total. The molecule has 0 saturated carbocycles. The zero-order chi connectivity index (χ0) is 14.4. The summed E-state index contributed by atoms with van der Waals surface area (Å²) in [5.41, 5.74) is 5.57. The van der Waals surface area contributed by atoms with E-state index < -0.39 is 0 Å². The van der Waals surface area contributed by atoms with Gasteiger partial charge in [-0.2, -0.15) is 0 Å². The Bertz CT molecular complexity index is 767. The van der Waals surface area contributed by atoms with Crippen LogP contribution in [0.1, 0.15) is 33.8 Å². The van der Waals surface area contributed by atoms with Crippen molar-refractivity contribution in [2.75, 3.05) is 0 Å². The lowest BCUT2D eigenvalue weighted by Gasteiger charge is -2.14. The second kappa shape index (κ2) is 4.79. The van der Waals surface area contributed by atoms with Crippen molar-refractivity contribution in [1.29, 1.82) is 0 Å². The van der Waals surface area contributed by atoms with Crippen molar-refractivity contribution in [2.45, 2.75) is 39.8 Å². The van der Waals surface area contributed by atoms with Crippen LogP contribution in [0.4, 0.5) is 0 Å². The van der Waals surface area contributed by atoms with E-state index in [-0.39, 0.29) is 5.56 Å². The number of H-pyrrole nitrogens is 1. The van der Waals surface area contributed by atoms with E-state index in [0.717, 1.165) is 31.0 Å². The number of benzene rings is 1. The van der Waals surface area contributed by atoms with Gasteiger partial charge in [-0.05, 0) is 23.6 Å². The molecule has 21 heavy (non-hydrogen) atoms. The molecule has 4 rings (SSSR count). The maximum atomic E-state index is 11.9. The van der Waals surface area contributed by atoms with Crippen molar-refractivity contribution >= 4 is 0 Å². The van der Waals surface area contributed by atoms with Crippen LogP contribution in [0.3, 0.4) is 0 Å². The third-order valence-electron chi connectivity index (χ3n) is 4.17. The number of aryl methyl sites for hydroxylation is 1. The fraction of sp³-hybridized carbons (Fsp3) is 0.375. The van der Waals surface area contributed by atoms with Crippen LogP contribution in [-0.2, 0) is 37.6 Å². The summed E-state index contributed by atoms with van der Waals surface area (Å²) in [6.45, 7) is 5.51. The van der Waals surface area contributed by atoms with Gasteiger partial charge in [0.05, 0.1) is 24.5 Å². The molecular weight excluding hydrogens is 266 g/mol. The second-order valence-corrected chi connectivity index (χ2v) is 5.82. The molecule has 2 aromatic rings. The first-order valence-electron chi connectivity index (χ1n) is 7.18. The Hall–Kier alpha value is -1.98. The van der Waals surface area contributed by atoms with Gasteiger partial charge in [-0.25, -0.2) is 4.98 Å². The predicted molar refractivity (Wildman–Crippen MR) is 77.5 cm³/mol. The molecule has 0 amide bonds. The number of nitrogens with zero attached hydrogens (tertiary/aromatic N) is 2. The summed E-state index contributed by atoms with van der Waals surface area (Å²) in [6.07, 6.45) is 0. The third kappa shape index (κ3) is 2.28. The second-order valence-electron chi connectivity index (χ2n) is 5.82. The van der Waals surface area contributed by atoms with Crippen molar-refractivity contribution in [3.63, 3.8) is 0 Å². The monoisotopic (exact) mass is 283 g/mol. The zero-order valence-electron chi connectivity index (χ0n) is 12.0. The molecule has 0 unspecified atom stereocenters. The molecule has 108 valence electrons. The molecule has 0 atom stereocenters. The topological polar surface area (TPSA) is 58.2 Å². The van der Waals surface area contributed by atoms with Gasteiger partial charge in [0.1, 0.15) is 5.82 Å². The predicted octanol–water partition coefficient (Wildman–Crippen LogP) is 1.62. The highest BCUT2D eigenvalue weighted by Crippen LogP contribution is 2.24. The maximum absolute atomic E-state index is 11.9. The molecule has 1 aromatic heterocycles. The molecule has 5 heteroatoms. The summed E-state index contributed by atoms with van der Waals surface area (Å²) in [6, 6.07) is 6.52. The van der Waals surface area contributed by atoms with E-state index in [1.165, 1.54) is 16.7 Å². The molecule has 0 saturated heterocycles. The molecule has 0 radical (unpaired) electrons. The first-order valence-corrected chi connectivity index (χ1v) is 7.18. The summed E-state index contributed by atoms with van der Waals surface area (Å²) in [5, 5.41) is 0. The zero-order valence-corrected chi connectivity index (χ0v) is 12.0. The normalized spacial score (nSPS) is 17.0. The Morgan fingerprint density at radius 2 is 2.14 bits per heavy atom. The largest absolute Gasteiger partial charge is 0.372 e. The van der Waals surface area contributed by atoms with Gasteiger partial charge < -0.3 is 9.72 Å². The van der Waals surface area contributed by atoms with Crippen LogP contribution in [0.25, 0.3) is 0 Å². The van der Waals surface area contributed by atoms with Gasteiger partial charge in [0, 0.05) is 19.6 Å². The van der Waals surface area contributed by atoms with Gasteiger partial charge in [-0.3, -0.25) is 9.69 Å². The number of fused-ring (bicyclic) bond motifs is 2. The molecule has 0 spiro atoms. The van der Waals surface area contributed by atoms with E-state index in [1.807, 2.05) is 6.92 Å². The van der Waals surface area contributed by atoms with Crippen LogP contribution in [-0.4, -0.2) is 14.9 Å². The molecule has 2 aliphatic rings. The molecule has 1 N–H and O–H groups in total. The van der Waals surface area contributed by atoms with Crippen LogP contribution in [0.2, 0.25) is 0 Å². The molecular formula is C16H17N3O2. The molecule has 0 bridgehead atoms. The van der Waals surface area contributed by atoms with Crippen molar-refractivity contribution < 1.29 is 4.74 Å². The van der Waals surface area contributed by atoms with E-state index >= 15 is 0 Å². The van der Waals surface area contributed by atoms with Crippen LogP contribution in [0, 0.1) is 6.92 Å². The molecule has 0 fully saturated rings. The van der Waals surface area contributed by atoms with Gasteiger partial charge in [0.2, 0.25) is 0 Å². The lowest BCUT2D eigenvalue weighted by molar-refractivity contribution is 0.134. The Kier molecular flexibility index (Phi) is 2.90. The van der Waals surface area contributed by atoms with E-state index in [2.05, 4.69) is 33.1 Å². The Labute approximate surface area is 122 Å². The average Bonchev–Trinajstić information content (AvgIpc) is 3.04. The summed E-state index contributed by atoms with van der Waals surface area (Å²) >= 11 is 0. The fourth-order valence-electron chi connectivity index (χ4n) is 3.15. The minimum atomic E-state index is 0.00218. The molecule has 2 aliphatic heterocycles. The van der Waals surface area contributed by atoms with E-state index in [0.29, 0.717) is 19.0 Å². The maximum Gasteiger partial charge on any atom is 0.255 e. The highest BCUT2D eigenvalue weighted by atomic mass is 16.5. The number of aromatic nitrogens is 2. The first kappa shape index (κ1) is 12.7. The lowest BCUT2D eigenvalue weighted by Crippen LogP contribution is -2.18. The third-order valence-corrected chi connectivity index (χ3v) is 4.17. The van der Waals surface area contributed by atoms with Crippen LogP contribution < -0.4 is 5.56 Å². The summed E-state index contributed by atoms with van der Waals surface area (Å²) < 4.78 is 5.45. The Balaban J connectivity index is 1.55. The fourth-order valence-corrected chi connectivity index (χ4v) is 3.15. The molecule has 1 aromatic carbocycles. The minimum Gasteiger partial charge on any atom is -0.372 e. The Morgan fingerprint density at radius 1 is 1.29 bits per heavy atom. The van der Waals surface area contributed by atoms with Gasteiger partial charge in [-0.15, -0.1) is 0 Å². The average molecular weight is 283 g/mol. The van der Waals surface area contributed by atoms with Crippen molar-refractivity contribution in [3.8, 4) is 0 Å². The number of ether oxygens (including phenoxy) is 1. The Morgan fingerprint density at radius 3 is 3.05 bits per heavy atom. The number of aromatic amines is 1. The number of hydrogen-bond acceptors (Lipinski definition) is 4. The van der Waals surface area contributed by atoms with Gasteiger partial charge in [-0.1, -0.05) is 18.2 Å². The van der Waals surface area contributed by atoms with Crippen LogP contribution >= 0.6 is 0 Å². The van der Waals surface area contributed by atoms with E-state index in [1.54, 1.807) is 0 Å². The first-order chi connectivity index (χ1) is 10.2. The van der Waals surface area contributed by atoms with Gasteiger partial charge in [0.25, 0.3) is 5.56 Å². The van der Waals surface area contributed by atoms with Crippen molar-refractivity contribution in [2.24, 2.45) is 0 Å². The summed E-state index contributed by atoms with van der Waals surface area (Å²) in [5.74, 6) is 0.690. The molecule has 0 aliphatic carbocycles. The number of hydrogen-bond donors (Lipinski definition) is 1. The molecule has 3 heterocycles. The smallest absolute Gasteiger partial charge is 0.255 e. The van der Waals surface area contributed by atoms with E-state index in [9.17, 15) is 4.79 Å². The number of rotatable bonds is 2. The quantitative estimate of drug-likeness (QED) is 0.910. The standard InChI is InChI=1S/C16H17N3O2/c1-10-17-15-7-19(6-14(15)16(20)18-10)5-11-2-3-12-8-21-9-13(12)4-11/h2-4H,5-9H2,1H3,(H,17,18,20). The van der Waals surface area contributed by atoms with Gasteiger partial charge in [0.15, 0.2) is 0 Å². The highest BCUT2D eigenvalue weighted by molar-refractivity contribution is 5.33. The van der Waals surface area contributed by atoms with Crippen LogP contribution in [0.5, 0.6) is 0 Å². The van der Waals surface area contributed by atoms with Gasteiger partial charge >= 0.3 is 0 Å².